The number of rotatable bonds is 4. The van der Waals surface area contributed by atoms with Crippen molar-refractivity contribution < 1.29 is 23.5 Å². The van der Waals surface area contributed by atoms with Crippen molar-refractivity contribution in [2.75, 3.05) is 0 Å². The quantitative estimate of drug-likeness (QED) is 0.231. The lowest BCUT2D eigenvalue weighted by atomic mass is 9.96. The van der Waals surface area contributed by atoms with Gasteiger partial charge >= 0.3 is 0 Å². The van der Waals surface area contributed by atoms with Gasteiger partial charge in [-0.1, -0.05) is 42.5 Å². The van der Waals surface area contributed by atoms with Gasteiger partial charge in [0.1, 0.15) is 28.0 Å². The predicted molar refractivity (Wildman–Crippen MR) is 154 cm³/mol. The molecule has 3 aromatic heterocycles. The molecule has 0 radical (unpaired) electrons. The van der Waals surface area contributed by atoms with Crippen molar-refractivity contribution in [3.63, 3.8) is 0 Å². The first-order chi connectivity index (χ1) is 20.1. The summed E-state index contributed by atoms with van der Waals surface area (Å²) in [5, 5.41) is 22.3. The minimum Gasteiger partial charge on any atom is -0.507 e. The molecular weight excluding hydrogens is 518 g/mol. The molecule has 5 aromatic carbocycles. The van der Waals surface area contributed by atoms with E-state index in [1.54, 1.807) is 30.3 Å². The van der Waals surface area contributed by atoms with E-state index in [2.05, 4.69) is 15.0 Å². The predicted octanol–water partition coefficient (Wildman–Crippen LogP) is 8.19. The molecule has 2 N–H and O–H groups in total. The summed E-state index contributed by atoms with van der Waals surface area (Å²) in [7, 11) is 0. The summed E-state index contributed by atoms with van der Waals surface area (Å²) in [4.78, 5) is 13.8. The molecule has 0 fully saturated rings. The van der Waals surface area contributed by atoms with Crippen LogP contribution in [0.15, 0.2) is 116 Å². The Labute approximate surface area is 231 Å². The lowest BCUT2D eigenvalue weighted by molar-refractivity contribution is 0.472. The van der Waals surface area contributed by atoms with Gasteiger partial charge in [0, 0.05) is 0 Å². The van der Waals surface area contributed by atoms with E-state index in [0.717, 1.165) is 5.56 Å². The number of hydrogen-bond donors (Lipinski definition) is 2. The van der Waals surface area contributed by atoms with E-state index in [0.29, 0.717) is 61.4 Å². The molecule has 0 aliphatic rings. The molecule has 0 saturated carbocycles. The van der Waals surface area contributed by atoms with Gasteiger partial charge < -0.3 is 23.5 Å². The van der Waals surface area contributed by atoms with Gasteiger partial charge in [-0.3, -0.25) is 0 Å². The van der Waals surface area contributed by atoms with E-state index in [9.17, 15) is 10.2 Å². The van der Waals surface area contributed by atoms with Crippen LogP contribution in [-0.4, -0.2) is 25.2 Å². The maximum atomic E-state index is 11.5. The first-order valence-electron chi connectivity index (χ1n) is 12.9. The zero-order valence-corrected chi connectivity index (χ0v) is 21.3. The normalized spacial score (nSPS) is 11.6. The van der Waals surface area contributed by atoms with Crippen LogP contribution in [0.1, 0.15) is 0 Å². The highest BCUT2D eigenvalue weighted by molar-refractivity contribution is 5.88. The number of oxazole rings is 3. The number of nitrogens with zero attached hydrogens (tertiary/aromatic N) is 3. The van der Waals surface area contributed by atoms with Crippen molar-refractivity contribution in [3.05, 3.63) is 103 Å². The number of phenols is 2. The van der Waals surface area contributed by atoms with Crippen LogP contribution >= 0.6 is 0 Å². The molecule has 3 heterocycles. The third-order valence-corrected chi connectivity index (χ3v) is 7.01. The third kappa shape index (κ3) is 3.81. The average Bonchev–Trinajstić information content (AvgIpc) is 3.73. The highest BCUT2D eigenvalue weighted by Gasteiger charge is 2.22. The van der Waals surface area contributed by atoms with Crippen molar-refractivity contribution in [1.82, 2.24) is 15.0 Å². The monoisotopic (exact) mass is 537 g/mol. The Morgan fingerprint density at radius 3 is 1.32 bits per heavy atom. The highest BCUT2D eigenvalue weighted by Crippen LogP contribution is 2.44. The van der Waals surface area contributed by atoms with Crippen molar-refractivity contribution in [1.29, 1.82) is 0 Å². The van der Waals surface area contributed by atoms with E-state index >= 15 is 0 Å². The fourth-order valence-corrected chi connectivity index (χ4v) is 4.98. The number of aromatic nitrogens is 3. The van der Waals surface area contributed by atoms with E-state index in [1.165, 1.54) is 0 Å². The summed E-state index contributed by atoms with van der Waals surface area (Å²) in [5.74, 6) is 0.742. The fourth-order valence-electron chi connectivity index (χ4n) is 4.98. The summed E-state index contributed by atoms with van der Waals surface area (Å²) in [5.41, 5.74) is 6.43. The van der Waals surface area contributed by atoms with Gasteiger partial charge in [-0.25, -0.2) is 15.0 Å². The largest absolute Gasteiger partial charge is 0.507 e. The van der Waals surface area contributed by atoms with E-state index < -0.39 is 0 Å². The Hall–Kier alpha value is -5.89. The first-order valence-corrected chi connectivity index (χ1v) is 12.9. The molecule has 41 heavy (non-hydrogen) atoms. The van der Waals surface area contributed by atoms with Crippen molar-refractivity contribution in [3.8, 4) is 57.0 Å². The minimum atomic E-state index is -0.0789. The number of hydrogen-bond acceptors (Lipinski definition) is 8. The molecule has 0 amide bonds. The second-order valence-corrected chi connectivity index (χ2v) is 9.61. The molecule has 8 nitrogen and oxygen atoms in total. The maximum absolute atomic E-state index is 11.5. The number of aromatic hydroxyl groups is 2. The number of para-hydroxylation sites is 6. The van der Waals surface area contributed by atoms with Crippen LogP contribution in [0.3, 0.4) is 0 Å². The van der Waals surface area contributed by atoms with Gasteiger partial charge in [0.2, 0.25) is 17.7 Å². The van der Waals surface area contributed by atoms with Crippen LogP contribution in [0.25, 0.3) is 78.8 Å². The van der Waals surface area contributed by atoms with Gasteiger partial charge in [-0.05, 0) is 71.8 Å². The molecule has 8 rings (SSSR count). The molecule has 0 aliphatic heterocycles. The Morgan fingerprint density at radius 1 is 0.439 bits per heavy atom. The van der Waals surface area contributed by atoms with Crippen LogP contribution in [0, 0.1) is 0 Å². The molecule has 8 heteroatoms. The average molecular weight is 538 g/mol. The Bertz CT molecular complexity index is 2060. The summed E-state index contributed by atoms with van der Waals surface area (Å²) in [6.45, 7) is 0. The minimum absolute atomic E-state index is 0.0254. The molecular formula is C33H19N3O5. The standard InChI is InChI=1S/C33H19N3O5/c37-26-14-13-18(15-20(26)31-34-23-7-1-4-10-27(23)39-31)19-16-21(32-35-24-8-2-5-11-28(24)40-32)30(38)22(17-19)33-36-25-9-3-6-12-29(25)41-33/h1-17,37-38H. The van der Waals surface area contributed by atoms with E-state index in [4.69, 9.17) is 13.3 Å². The summed E-state index contributed by atoms with van der Waals surface area (Å²) in [6.07, 6.45) is 0. The summed E-state index contributed by atoms with van der Waals surface area (Å²) < 4.78 is 18.0. The molecule has 0 atom stereocenters. The van der Waals surface area contributed by atoms with Crippen LogP contribution in [-0.2, 0) is 0 Å². The van der Waals surface area contributed by atoms with Crippen LogP contribution in [0.2, 0.25) is 0 Å². The molecule has 0 bridgehead atoms. The van der Waals surface area contributed by atoms with E-state index in [-0.39, 0.29) is 23.3 Å². The smallest absolute Gasteiger partial charge is 0.231 e. The molecule has 0 aliphatic carbocycles. The van der Waals surface area contributed by atoms with Crippen molar-refractivity contribution >= 4 is 33.3 Å². The third-order valence-electron chi connectivity index (χ3n) is 7.01. The fraction of sp³-hybridized carbons (Fsp3) is 0. The zero-order valence-electron chi connectivity index (χ0n) is 21.3. The molecule has 0 unspecified atom stereocenters. The summed E-state index contributed by atoms with van der Waals surface area (Å²) >= 11 is 0. The van der Waals surface area contributed by atoms with Crippen LogP contribution in [0.4, 0.5) is 0 Å². The van der Waals surface area contributed by atoms with Gasteiger partial charge in [0.05, 0.1) is 16.7 Å². The molecule has 8 aromatic rings. The molecule has 0 saturated heterocycles. The zero-order chi connectivity index (χ0) is 27.5. The maximum Gasteiger partial charge on any atom is 0.231 e. The topological polar surface area (TPSA) is 119 Å². The van der Waals surface area contributed by atoms with E-state index in [1.807, 2.05) is 72.8 Å². The lowest BCUT2D eigenvalue weighted by Gasteiger charge is -2.11. The Morgan fingerprint density at radius 2 is 0.854 bits per heavy atom. The Kier molecular flexibility index (Phi) is 4.96. The van der Waals surface area contributed by atoms with Gasteiger partial charge in [-0.2, -0.15) is 0 Å². The molecule has 196 valence electrons. The van der Waals surface area contributed by atoms with Gasteiger partial charge in [0.25, 0.3) is 0 Å². The van der Waals surface area contributed by atoms with Crippen LogP contribution < -0.4 is 0 Å². The summed E-state index contributed by atoms with van der Waals surface area (Å²) in [6, 6.07) is 30.9. The SMILES string of the molecule is Oc1ccc(-c2cc(-c3nc4ccccc4o3)c(O)c(-c3nc4ccccc4o3)c2)cc1-c1nc2ccccc2o1. The number of phenolic OH excluding ortho intramolecular Hbond substituents is 2. The van der Waals surface area contributed by atoms with Crippen LogP contribution in [0.5, 0.6) is 11.5 Å². The first kappa shape index (κ1) is 23.0. The lowest BCUT2D eigenvalue weighted by Crippen LogP contribution is -1.89. The second kappa shape index (κ2) is 8.82. The molecule has 0 spiro atoms. The van der Waals surface area contributed by atoms with Crippen molar-refractivity contribution in [2.45, 2.75) is 0 Å². The van der Waals surface area contributed by atoms with Crippen molar-refractivity contribution in [2.24, 2.45) is 0 Å². The number of fused-ring (bicyclic) bond motifs is 3. The Balaban J connectivity index is 1.34. The number of benzene rings is 5. The highest BCUT2D eigenvalue weighted by atomic mass is 16.4. The van der Waals surface area contributed by atoms with Gasteiger partial charge in [-0.15, -0.1) is 0 Å². The van der Waals surface area contributed by atoms with Gasteiger partial charge in [0.15, 0.2) is 16.7 Å². The second-order valence-electron chi connectivity index (χ2n) is 9.61.